The van der Waals surface area contributed by atoms with Gasteiger partial charge in [-0.25, -0.2) is 4.98 Å². The van der Waals surface area contributed by atoms with Gasteiger partial charge in [-0.05, 0) is 37.6 Å². The lowest BCUT2D eigenvalue weighted by Crippen LogP contribution is -2.13. The molecule has 0 spiro atoms. The number of nitrogens with zero attached hydrogens (tertiary/aromatic N) is 2. The van der Waals surface area contributed by atoms with Gasteiger partial charge in [-0.3, -0.25) is 0 Å². The molecule has 1 atom stereocenters. The fraction of sp³-hybridized carbons (Fsp3) is 0.278. The van der Waals surface area contributed by atoms with Crippen LogP contribution in [0.1, 0.15) is 32.2 Å². The summed E-state index contributed by atoms with van der Waals surface area (Å²) < 4.78 is 8.38. The molecule has 0 aliphatic heterocycles. The van der Waals surface area contributed by atoms with Crippen LogP contribution in [-0.4, -0.2) is 9.55 Å². The minimum absolute atomic E-state index is 0.0280. The lowest BCUT2D eigenvalue weighted by Gasteiger charge is -2.18. The van der Waals surface area contributed by atoms with Gasteiger partial charge in [0.25, 0.3) is 0 Å². The molecule has 1 heterocycles. The predicted molar refractivity (Wildman–Crippen MR) is 85.5 cm³/mol. The standard InChI is InChI=1S/C18H20N2O/c1-3-17(21-14-10-6-5-7-11-14)18-19-15-12-8-9-13-16(15)20(18)4-2/h5-13,17H,3-4H2,1-2H3/t17-/m1/s1. The number of hydrogen-bond donors (Lipinski definition) is 0. The first kappa shape index (κ1) is 13.7. The van der Waals surface area contributed by atoms with Crippen LogP contribution in [0.5, 0.6) is 5.75 Å². The van der Waals surface area contributed by atoms with Crippen molar-refractivity contribution in [3.8, 4) is 5.75 Å². The third kappa shape index (κ3) is 2.64. The number of aromatic nitrogens is 2. The summed E-state index contributed by atoms with van der Waals surface area (Å²) in [6.45, 7) is 5.17. The van der Waals surface area contributed by atoms with Crippen LogP contribution in [0.15, 0.2) is 54.6 Å². The second-order valence-electron chi connectivity index (χ2n) is 5.03. The molecule has 0 saturated carbocycles. The Balaban J connectivity index is 2.00. The van der Waals surface area contributed by atoms with Crippen molar-refractivity contribution in [2.45, 2.75) is 32.9 Å². The molecule has 0 N–H and O–H groups in total. The highest BCUT2D eigenvalue weighted by molar-refractivity contribution is 5.76. The Kier molecular flexibility index (Phi) is 3.91. The molecule has 3 nitrogen and oxygen atoms in total. The van der Waals surface area contributed by atoms with Gasteiger partial charge < -0.3 is 9.30 Å². The van der Waals surface area contributed by atoms with Gasteiger partial charge >= 0.3 is 0 Å². The van der Waals surface area contributed by atoms with E-state index in [1.165, 1.54) is 5.52 Å². The van der Waals surface area contributed by atoms with Crippen molar-refractivity contribution < 1.29 is 4.74 Å². The number of fused-ring (bicyclic) bond motifs is 1. The van der Waals surface area contributed by atoms with Crippen molar-refractivity contribution in [3.05, 3.63) is 60.4 Å². The van der Waals surface area contributed by atoms with Gasteiger partial charge in [-0.15, -0.1) is 0 Å². The van der Waals surface area contributed by atoms with Crippen molar-refractivity contribution >= 4 is 11.0 Å². The van der Waals surface area contributed by atoms with Crippen molar-refractivity contribution in [2.24, 2.45) is 0 Å². The zero-order chi connectivity index (χ0) is 14.7. The van der Waals surface area contributed by atoms with E-state index in [0.29, 0.717) is 0 Å². The zero-order valence-corrected chi connectivity index (χ0v) is 12.5. The van der Waals surface area contributed by atoms with Crippen molar-refractivity contribution in [1.29, 1.82) is 0 Å². The number of aryl methyl sites for hydroxylation is 1. The second-order valence-corrected chi connectivity index (χ2v) is 5.03. The maximum atomic E-state index is 6.14. The maximum Gasteiger partial charge on any atom is 0.156 e. The predicted octanol–water partition coefficient (Wildman–Crippen LogP) is 4.59. The highest BCUT2D eigenvalue weighted by atomic mass is 16.5. The van der Waals surface area contributed by atoms with E-state index in [4.69, 9.17) is 9.72 Å². The quantitative estimate of drug-likeness (QED) is 0.683. The summed E-state index contributed by atoms with van der Waals surface area (Å²) in [5.74, 6) is 1.89. The third-order valence-electron chi connectivity index (χ3n) is 3.68. The van der Waals surface area contributed by atoms with Crippen LogP contribution >= 0.6 is 0 Å². The fourth-order valence-electron chi connectivity index (χ4n) is 2.65. The van der Waals surface area contributed by atoms with E-state index in [1.54, 1.807) is 0 Å². The lowest BCUT2D eigenvalue weighted by atomic mass is 10.2. The Morgan fingerprint density at radius 1 is 1.00 bits per heavy atom. The number of benzene rings is 2. The van der Waals surface area contributed by atoms with Crippen LogP contribution in [0.25, 0.3) is 11.0 Å². The second kappa shape index (κ2) is 6.00. The summed E-state index contributed by atoms with van der Waals surface area (Å²) in [7, 11) is 0. The Hall–Kier alpha value is -2.29. The van der Waals surface area contributed by atoms with Gasteiger partial charge in [0.1, 0.15) is 5.75 Å². The molecule has 0 radical (unpaired) electrons. The van der Waals surface area contributed by atoms with Crippen LogP contribution in [0.4, 0.5) is 0 Å². The molecule has 0 bridgehead atoms. The first-order chi connectivity index (χ1) is 10.3. The first-order valence-corrected chi connectivity index (χ1v) is 7.50. The molecule has 0 saturated heterocycles. The first-order valence-electron chi connectivity index (χ1n) is 7.50. The number of ether oxygens (including phenoxy) is 1. The minimum Gasteiger partial charge on any atom is -0.483 e. The van der Waals surface area contributed by atoms with E-state index in [1.807, 2.05) is 36.4 Å². The summed E-state index contributed by atoms with van der Waals surface area (Å²) in [6, 6.07) is 18.2. The molecule has 0 unspecified atom stereocenters. The number of imidazole rings is 1. The Morgan fingerprint density at radius 2 is 1.71 bits per heavy atom. The Bertz CT molecular complexity index is 718. The van der Waals surface area contributed by atoms with Crippen molar-refractivity contribution in [1.82, 2.24) is 9.55 Å². The topological polar surface area (TPSA) is 27.1 Å². The molecule has 0 amide bonds. The van der Waals surface area contributed by atoms with Gasteiger partial charge in [0, 0.05) is 6.54 Å². The van der Waals surface area contributed by atoms with Gasteiger partial charge in [-0.2, -0.15) is 0 Å². The summed E-state index contributed by atoms with van der Waals surface area (Å²) in [4.78, 5) is 4.79. The van der Waals surface area contributed by atoms with Crippen LogP contribution in [-0.2, 0) is 6.54 Å². The van der Waals surface area contributed by atoms with E-state index in [-0.39, 0.29) is 6.10 Å². The van der Waals surface area contributed by atoms with Gasteiger partial charge in [0.2, 0.25) is 0 Å². The van der Waals surface area contributed by atoms with E-state index < -0.39 is 0 Å². The van der Waals surface area contributed by atoms with E-state index in [2.05, 4.69) is 36.6 Å². The average molecular weight is 280 g/mol. The van der Waals surface area contributed by atoms with E-state index >= 15 is 0 Å². The normalized spacial score (nSPS) is 12.5. The van der Waals surface area contributed by atoms with Crippen LogP contribution in [0.3, 0.4) is 0 Å². The van der Waals surface area contributed by atoms with Crippen LogP contribution in [0.2, 0.25) is 0 Å². The molecule has 3 rings (SSSR count). The lowest BCUT2D eigenvalue weighted by molar-refractivity contribution is 0.187. The highest BCUT2D eigenvalue weighted by Crippen LogP contribution is 2.27. The molecule has 21 heavy (non-hydrogen) atoms. The molecule has 1 aromatic heterocycles. The number of rotatable bonds is 5. The smallest absolute Gasteiger partial charge is 0.156 e. The molecular weight excluding hydrogens is 260 g/mol. The van der Waals surface area contributed by atoms with Crippen molar-refractivity contribution in [3.63, 3.8) is 0 Å². The molecule has 2 aromatic carbocycles. The molecule has 108 valence electrons. The van der Waals surface area contributed by atoms with Crippen molar-refractivity contribution in [2.75, 3.05) is 0 Å². The molecule has 3 heteroatoms. The Morgan fingerprint density at radius 3 is 2.43 bits per heavy atom. The van der Waals surface area contributed by atoms with Crippen LogP contribution in [0, 0.1) is 0 Å². The van der Waals surface area contributed by atoms with Gasteiger partial charge in [-0.1, -0.05) is 37.3 Å². The third-order valence-corrected chi connectivity index (χ3v) is 3.68. The van der Waals surface area contributed by atoms with Gasteiger partial charge in [0.15, 0.2) is 11.9 Å². The summed E-state index contributed by atoms with van der Waals surface area (Å²) in [5.41, 5.74) is 2.20. The SMILES string of the molecule is CC[C@@H](Oc1ccccc1)c1nc2ccccc2n1CC. The highest BCUT2D eigenvalue weighted by Gasteiger charge is 2.19. The summed E-state index contributed by atoms with van der Waals surface area (Å²) >= 11 is 0. The molecule has 0 aliphatic carbocycles. The average Bonchev–Trinajstić information content (AvgIpc) is 2.92. The maximum absolute atomic E-state index is 6.14. The van der Waals surface area contributed by atoms with E-state index in [9.17, 15) is 0 Å². The molecule has 0 fully saturated rings. The number of hydrogen-bond acceptors (Lipinski definition) is 2. The molecule has 0 aliphatic rings. The summed E-state index contributed by atoms with van der Waals surface area (Å²) in [6.07, 6.45) is 0.859. The molecular formula is C18H20N2O. The largest absolute Gasteiger partial charge is 0.483 e. The fourth-order valence-corrected chi connectivity index (χ4v) is 2.65. The molecule has 3 aromatic rings. The van der Waals surface area contributed by atoms with Gasteiger partial charge in [0.05, 0.1) is 11.0 Å². The monoisotopic (exact) mass is 280 g/mol. The van der Waals surface area contributed by atoms with Crippen LogP contribution < -0.4 is 4.74 Å². The Labute approximate surface area is 125 Å². The zero-order valence-electron chi connectivity index (χ0n) is 12.5. The number of para-hydroxylation sites is 3. The summed E-state index contributed by atoms with van der Waals surface area (Å²) in [5, 5.41) is 0. The van der Waals surface area contributed by atoms with E-state index in [0.717, 1.165) is 30.1 Å². The minimum atomic E-state index is -0.0280.